The second-order valence-electron chi connectivity index (χ2n) is 7.00. The lowest BCUT2D eigenvalue weighted by Crippen LogP contribution is -2.50. The van der Waals surface area contributed by atoms with Crippen LogP contribution in [0.2, 0.25) is 0 Å². The van der Waals surface area contributed by atoms with Gasteiger partial charge >= 0.3 is 6.09 Å². The van der Waals surface area contributed by atoms with E-state index in [0.29, 0.717) is 25.9 Å². The van der Waals surface area contributed by atoms with Crippen molar-refractivity contribution in [2.45, 2.75) is 71.2 Å². The van der Waals surface area contributed by atoms with Crippen LogP contribution in [0.5, 0.6) is 0 Å². The van der Waals surface area contributed by atoms with Crippen molar-refractivity contribution in [2.75, 3.05) is 13.1 Å². The molecule has 0 bridgehead atoms. The quantitative estimate of drug-likeness (QED) is 0.669. The predicted molar refractivity (Wildman–Crippen MR) is 104 cm³/mol. The van der Waals surface area contributed by atoms with Gasteiger partial charge in [-0.15, -0.1) is 0 Å². The topological polar surface area (TPSA) is 70.1 Å². The molecule has 0 saturated carbocycles. The summed E-state index contributed by atoms with van der Waals surface area (Å²) in [4.78, 5) is 28.5. The van der Waals surface area contributed by atoms with Gasteiger partial charge < -0.3 is 14.7 Å². The van der Waals surface area contributed by atoms with Crippen molar-refractivity contribution in [1.29, 1.82) is 0 Å². The molecule has 1 aromatic rings. The maximum Gasteiger partial charge on any atom is 0.412 e. The van der Waals surface area contributed by atoms with Gasteiger partial charge in [0.2, 0.25) is 5.91 Å². The number of carbonyl (C=O) groups excluding carboxylic acids is 2. The number of rotatable bonds is 9. The highest BCUT2D eigenvalue weighted by atomic mass is 16.6. The summed E-state index contributed by atoms with van der Waals surface area (Å²) >= 11 is 0. The number of amides is 2. The van der Waals surface area contributed by atoms with Gasteiger partial charge in [0, 0.05) is 13.1 Å². The van der Waals surface area contributed by atoms with Crippen LogP contribution in [-0.4, -0.2) is 52.3 Å². The zero-order chi connectivity index (χ0) is 19.6. The summed E-state index contributed by atoms with van der Waals surface area (Å²) in [6.07, 6.45) is 3.61. The van der Waals surface area contributed by atoms with Crippen LogP contribution in [0.15, 0.2) is 30.3 Å². The van der Waals surface area contributed by atoms with Crippen molar-refractivity contribution in [3.05, 3.63) is 35.9 Å². The number of hydrogen-bond acceptors (Lipinski definition) is 4. The van der Waals surface area contributed by atoms with Gasteiger partial charge in [0.25, 0.3) is 0 Å². The van der Waals surface area contributed by atoms with Gasteiger partial charge in [-0.2, -0.15) is 0 Å². The molecule has 1 aliphatic rings. The molecule has 6 heteroatoms. The van der Waals surface area contributed by atoms with Gasteiger partial charge in [-0.1, -0.05) is 56.5 Å². The molecule has 0 aliphatic carbocycles. The van der Waals surface area contributed by atoms with E-state index in [1.807, 2.05) is 37.3 Å². The van der Waals surface area contributed by atoms with Crippen molar-refractivity contribution in [3.8, 4) is 0 Å². The molecule has 1 aromatic carbocycles. The third-order valence-corrected chi connectivity index (χ3v) is 5.03. The molecule has 6 nitrogen and oxygen atoms in total. The lowest BCUT2D eigenvalue weighted by atomic mass is 10.1. The number of likely N-dealkylation sites (tertiary alicyclic amines) is 1. The number of benzene rings is 1. The van der Waals surface area contributed by atoms with Gasteiger partial charge in [0.1, 0.15) is 18.9 Å². The molecule has 2 atom stereocenters. The first kappa shape index (κ1) is 21.2. The fourth-order valence-corrected chi connectivity index (χ4v) is 3.44. The summed E-state index contributed by atoms with van der Waals surface area (Å²) in [6, 6.07) is 8.73. The number of nitrogens with zero attached hydrogens (tertiary/aromatic N) is 2. The van der Waals surface area contributed by atoms with Gasteiger partial charge in [0.05, 0.1) is 0 Å². The molecule has 150 valence electrons. The molecule has 1 heterocycles. The van der Waals surface area contributed by atoms with E-state index in [1.165, 1.54) is 4.90 Å². The largest absolute Gasteiger partial charge is 0.444 e. The highest BCUT2D eigenvalue weighted by molar-refractivity contribution is 5.86. The van der Waals surface area contributed by atoms with E-state index in [9.17, 15) is 14.7 Å². The first-order valence-corrected chi connectivity index (χ1v) is 10.0. The third-order valence-electron chi connectivity index (χ3n) is 5.03. The normalized spacial score (nSPS) is 19.1. The monoisotopic (exact) mass is 376 g/mol. The summed E-state index contributed by atoms with van der Waals surface area (Å²) in [5.41, 5.74) is 0.869. The molecule has 2 amide bonds. The summed E-state index contributed by atoms with van der Waals surface area (Å²) in [7, 11) is 0. The van der Waals surface area contributed by atoms with E-state index in [0.717, 1.165) is 31.2 Å². The van der Waals surface area contributed by atoms with Crippen molar-refractivity contribution in [2.24, 2.45) is 0 Å². The fraction of sp³-hybridized carbons (Fsp3) is 0.619. The van der Waals surface area contributed by atoms with E-state index in [-0.39, 0.29) is 12.5 Å². The van der Waals surface area contributed by atoms with E-state index in [2.05, 4.69) is 6.92 Å². The molecule has 0 aromatic heterocycles. The van der Waals surface area contributed by atoms with Gasteiger partial charge in [-0.3, -0.25) is 9.69 Å². The number of carbonyl (C=O) groups is 2. The second-order valence-corrected chi connectivity index (χ2v) is 7.00. The van der Waals surface area contributed by atoms with Crippen LogP contribution in [0.25, 0.3) is 0 Å². The summed E-state index contributed by atoms with van der Waals surface area (Å²) in [5, 5.41) is 10.2. The van der Waals surface area contributed by atoms with Crippen LogP contribution in [0.4, 0.5) is 4.79 Å². The SMILES string of the molecule is CCCCCCN(CC)C(=O)[C@@H]1CCC(O)N1C(=O)OCc1ccccc1. The van der Waals surface area contributed by atoms with E-state index < -0.39 is 18.4 Å². The van der Waals surface area contributed by atoms with E-state index in [4.69, 9.17) is 4.74 Å². The Morgan fingerprint density at radius 2 is 1.89 bits per heavy atom. The number of aliphatic hydroxyl groups is 1. The van der Waals surface area contributed by atoms with Crippen molar-refractivity contribution >= 4 is 12.0 Å². The molecule has 0 radical (unpaired) electrons. The maximum absolute atomic E-state index is 12.9. The fourth-order valence-electron chi connectivity index (χ4n) is 3.44. The van der Waals surface area contributed by atoms with Crippen molar-refractivity contribution in [3.63, 3.8) is 0 Å². The Kier molecular flexibility index (Phi) is 8.58. The zero-order valence-electron chi connectivity index (χ0n) is 16.5. The molecular weight excluding hydrogens is 344 g/mol. The Balaban J connectivity index is 1.95. The lowest BCUT2D eigenvalue weighted by molar-refractivity contribution is -0.137. The molecule has 1 N–H and O–H groups in total. The summed E-state index contributed by atoms with van der Waals surface area (Å²) in [6.45, 7) is 5.51. The minimum absolute atomic E-state index is 0.0952. The first-order chi connectivity index (χ1) is 13.1. The Bertz CT molecular complexity index is 593. The Morgan fingerprint density at radius 3 is 2.56 bits per heavy atom. The van der Waals surface area contributed by atoms with Crippen LogP contribution in [-0.2, 0) is 16.1 Å². The highest BCUT2D eigenvalue weighted by Gasteiger charge is 2.42. The molecule has 1 unspecified atom stereocenters. The lowest BCUT2D eigenvalue weighted by Gasteiger charge is -2.30. The van der Waals surface area contributed by atoms with Crippen LogP contribution in [0, 0.1) is 0 Å². The summed E-state index contributed by atoms with van der Waals surface area (Å²) < 4.78 is 5.35. The van der Waals surface area contributed by atoms with Crippen molar-refractivity contribution in [1.82, 2.24) is 9.80 Å². The first-order valence-electron chi connectivity index (χ1n) is 10.0. The smallest absolute Gasteiger partial charge is 0.412 e. The van der Waals surface area contributed by atoms with Crippen LogP contribution < -0.4 is 0 Å². The molecule has 27 heavy (non-hydrogen) atoms. The number of aliphatic hydroxyl groups excluding tert-OH is 1. The average molecular weight is 376 g/mol. The predicted octanol–water partition coefficient (Wildman–Crippen LogP) is 3.53. The number of hydrogen-bond donors (Lipinski definition) is 1. The van der Waals surface area contributed by atoms with Crippen LogP contribution in [0.3, 0.4) is 0 Å². The number of likely N-dealkylation sites (N-methyl/N-ethyl adjacent to an activating group) is 1. The van der Waals surface area contributed by atoms with Crippen LogP contribution >= 0.6 is 0 Å². The Morgan fingerprint density at radius 1 is 1.15 bits per heavy atom. The molecule has 0 spiro atoms. The third kappa shape index (κ3) is 5.96. The number of ether oxygens (including phenoxy) is 1. The Hall–Kier alpha value is -2.08. The second kappa shape index (κ2) is 10.9. The van der Waals surface area contributed by atoms with E-state index in [1.54, 1.807) is 4.90 Å². The van der Waals surface area contributed by atoms with Gasteiger partial charge in [0.15, 0.2) is 0 Å². The van der Waals surface area contributed by atoms with Gasteiger partial charge in [-0.25, -0.2) is 4.79 Å². The van der Waals surface area contributed by atoms with E-state index >= 15 is 0 Å². The minimum atomic E-state index is -0.971. The molecule has 2 rings (SSSR count). The standard InChI is InChI=1S/C21H32N2O4/c1-3-5-6-10-15-22(4-2)20(25)18-13-14-19(24)23(18)21(26)27-16-17-11-8-7-9-12-17/h7-9,11-12,18-19,24H,3-6,10,13-16H2,1-2H3/t18-,19?/m0/s1. The zero-order valence-corrected chi connectivity index (χ0v) is 16.5. The average Bonchev–Trinajstić information content (AvgIpc) is 3.08. The number of unbranched alkanes of at least 4 members (excludes halogenated alkanes) is 3. The van der Waals surface area contributed by atoms with Gasteiger partial charge in [-0.05, 0) is 31.7 Å². The van der Waals surface area contributed by atoms with Crippen molar-refractivity contribution < 1.29 is 19.4 Å². The molecule has 1 saturated heterocycles. The highest BCUT2D eigenvalue weighted by Crippen LogP contribution is 2.25. The molecule has 1 aliphatic heterocycles. The van der Waals surface area contributed by atoms with Crippen LogP contribution in [0.1, 0.15) is 57.9 Å². The molecular formula is C21H32N2O4. The maximum atomic E-state index is 12.9. The minimum Gasteiger partial charge on any atom is -0.444 e. The Labute approximate surface area is 162 Å². The summed E-state index contributed by atoms with van der Waals surface area (Å²) in [5.74, 6) is -0.0952. The molecule has 1 fully saturated rings.